The van der Waals surface area contributed by atoms with Crippen LogP contribution in [0.5, 0.6) is 5.75 Å². The minimum atomic E-state index is -0.820. The molecule has 5 atom stereocenters. The number of rotatable bonds is 29. The minimum absolute atomic E-state index is 0.0149. The number of benzene rings is 1. The molecule has 0 radical (unpaired) electrons. The number of allylic oxidation sites excluding steroid dienone is 1. The number of nitrogens with two attached hydrogens (primary N) is 1. The van der Waals surface area contributed by atoms with Gasteiger partial charge in [-0.15, -0.1) is 13.2 Å². The summed E-state index contributed by atoms with van der Waals surface area (Å²) in [6.45, 7) is 22.0. The third-order valence-electron chi connectivity index (χ3n) is 8.95. The number of carbonyl (C=O) groups excluding carboxylic acids is 3. The zero-order chi connectivity index (χ0) is 45.0. The van der Waals surface area contributed by atoms with E-state index in [1.165, 1.54) is 51.9 Å². The van der Waals surface area contributed by atoms with Crippen molar-refractivity contribution in [1.29, 1.82) is 0 Å². The van der Waals surface area contributed by atoms with Gasteiger partial charge in [-0.2, -0.15) is 4.99 Å². The van der Waals surface area contributed by atoms with Crippen LogP contribution >= 0.6 is 12.9 Å². The fraction of sp³-hybridized carbons (Fsp3) is 0.609. The summed E-state index contributed by atoms with van der Waals surface area (Å²) in [6, 6.07) is 6.76. The fourth-order valence-corrected chi connectivity index (χ4v) is 5.42. The number of hydrogen-bond acceptors (Lipinski definition) is 11. The van der Waals surface area contributed by atoms with Crippen molar-refractivity contribution < 1.29 is 47.0 Å². The van der Waals surface area contributed by atoms with Gasteiger partial charge in [0, 0.05) is 30.0 Å². The number of nitrogens with one attached hydrogen (secondary N) is 1. The maximum atomic E-state index is 12.2. The number of hydrogen-bond donors (Lipinski definition) is 3. The molecule has 0 spiro atoms. The summed E-state index contributed by atoms with van der Waals surface area (Å²) in [4.78, 5) is 39.6. The standard InChI is InChI=1S/C27H37N3O6.C10H18O4S.C9H20/c1-6-15-34-25(18-35-23-13-9-11-22(16-23)20(5)31)36-17-24(32)29-14-10-12-21(8-3)26(28)30-27(33)19(4)7-2;1-3-4-11-7-12-9-5-8(2)14-10(9)6-13-15;1-3-5-7-9-8-6-4-2/h6,8-13,16,19,25H,1,7,14-15,17-18H2,2-5H3,(H,29,32)(H2,28,30,33);3,8-10,15H,1,4-7H2,2H3;3-9H2,1-2H3/b12-10+,21-8-;;. The van der Waals surface area contributed by atoms with Crippen molar-refractivity contribution in [2.45, 2.75) is 131 Å². The molecule has 340 valence electrons. The van der Waals surface area contributed by atoms with Gasteiger partial charge in [-0.05, 0) is 52.2 Å². The molecule has 1 aliphatic rings. The summed E-state index contributed by atoms with van der Waals surface area (Å²) in [5, 5.41) is 2.69. The van der Waals surface area contributed by atoms with Crippen LogP contribution in [0.4, 0.5) is 0 Å². The van der Waals surface area contributed by atoms with Crippen LogP contribution in [0.2, 0.25) is 0 Å². The molecule has 1 heterocycles. The lowest BCUT2D eigenvalue weighted by molar-refractivity contribution is -0.162. The Bertz CT molecular complexity index is 1430. The highest BCUT2D eigenvalue weighted by atomic mass is 32.1. The molecular formula is C46H75N3O10S. The lowest BCUT2D eigenvalue weighted by Crippen LogP contribution is -2.33. The third kappa shape index (κ3) is 28.0. The number of amidine groups is 1. The Hall–Kier alpha value is -3.63. The molecule has 3 N–H and O–H groups in total. The summed E-state index contributed by atoms with van der Waals surface area (Å²) in [6.07, 6.45) is 19.2. The van der Waals surface area contributed by atoms with Crippen molar-refractivity contribution in [3.8, 4) is 5.75 Å². The Balaban J connectivity index is 0.00000117. The van der Waals surface area contributed by atoms with Crippen molar-refractivity contribution >= 4 is 36.3 Å². The van der Waals surface area contributed by atoms with E-state index in [4.69, 9.17) is 38.3 Å². The first-order valence-corrected chi connectivity index (χ1v) is 21.5. The molecule has 1 aliphatic heterocycles. The van der Waals surface area contributed by atoms with Crippen LogP contribution in [0.15, 0.2) is 78.4 Å². The van der Waals surface area contributed by atoms with Gasteiger partial charge in [0.05, 0.1) is 32.0 Å². The number of unbranched alkanes of at least 4 members (excludes halogenated alkanes) is 6. The first-order chi connectivity index (χ1) is 28.9. The number of amides is 2. The topological polar surface area (TPSA) is 166 Å². The van der Waals surface area contributed by atoms with Crippen molar-refractivity contribution in [1.82, 2.24) is 5.32 Å². The van der Waals surface area contributed by atoms with Crippen LogP contribution in [-0.2, 0) is 37.5 Å². The number of carbonyl (C=O) groups is 3. The van der Waals surface area contributed by atoms with Crippen molar-refractivity contribution in [3.63, 3.8) is 0 Å². The number of nitrogens with zero attached hydrogens (tertiary/aromatic N) is 1. The molecule has 13 nitrogen and oxygen atoms in total. The highest BCUT2D eigenvalue weighted by molar-refractivity contribution is 7.75. The zero-order valence-electron chi connectivity index (χ0n) is 37.4. The third-order valence-corrected chi connectivity index (χ3v) is 9.09. The fourth-order valence-electron chi connectivity index (χ4n) is 5.28. The normalized spacial score (nSPS) is 17.4. The summed E-state index contributed by atoms with van der Waals surface area (Å²) in [5.41, 5.74) is 7.04. The Kier molecular flexibility index (Phi) is 34.9. The average molecular weight is 862 g/mol. The Morgan fingerprint density at radius 1 is 1.05 bits per heavy atom. The average Bonchev–Trinajstić information content (AvgIpc) is 3.60. The molecule has 5 unspecified atom stereocenters. The lowest BCUT2D eigenvalue weighted by atomic mass is 10.1. The second kappa shape index (κ2) is 37.2. The van der Waals surface area contributed by atoms with Crippen LogP contribution in [0.25, 0.3) is 0 Å². The van der Waals surface area contributed by atoms with E-state index in [0.717, 1.165) is 6.42 Å². The molecule has 0 aliphatic carbocycles. The van der Waals surface area contributed by atoms with Gasteiger partial charge in [-0.25, -0.2) is 0 Å². The van der Waals surface area contributed by atoms with Gasteiger partial charge in [-0.3, -0.25) is 14.4 Å². The van der Waals surface area contributed by atoms with Gasteiger partial charge in [0.1, 0.15) is 37.7 Å². The second-order valence-electron chi connectivity index (χ2n) is 14.1. The summed E-state index contributed by atoms with van der Waals surface area (Å²) in [7, 11) is 0. The lowest BCUT2D eigenvalue weighted by Gasteiger charge is -2.18. The van der Waals surface area contributed by atoms with Crippen molar-refractivity contribution in [2.24, 2.45) is 16.6 Å². The highest BCUT2D eigenvalue weighted by Gasteiger charge is 2.33. The maximum absolute atomic E-state index is 12.2. The van der Waals surface area contributed by atoms with Crippen LogP contribution < -0.4 is 15.8 Å². The molecule has 14 heteroatoms. The van der Waals surface area contributed by atoms with Gasteiger partial charge in [0.15, 0.2) is 12.1 Å². The van der Waals surface area contributed by atoms with Crippen LogP contribution in [-0.4, -0.2) is 94.4 Å². The van der Waals surface area contributed by atoms with E-state index in [-0.39, 0.29) is 80.8 Å². The predicted molar refractivity (Wildman–Crippen MR) is 243 cm³/mol. The number of aliphatic imine (C=N–C) groups is 1. The first kappa shape index (κ1) is 56.4. The van der Waals surface area contributed by atoms with Gasteiger partial charge in [0.25, 0.3) is 0 Å². The van der Waals surface area contributed by atoms with E-state index >= 15 is 0 Å². The number of ether oxygens (including phenoxy) is 6. The first-order valence-electron chi connectivity index (χ1n) is 21.2. The maximum Gasteiger partial charge on any atom is 0.250 e. The monoisotopic (exact) mass is 862 g/mol. The van der Waals surface area contributed by atoms with E-state index in [1.54, 1.807) is 68.5 Å². The highest BCUT2D eigenvalue weighted by Crippen LogP contribution is 2.23. The van der Waals surface area contributed by atoms with E-state index in [1.807, 2.05) is 13.8 Å². The quantitative estimate of drug-likeness (QED) is 0.00812. The molecule has 2 amide bonds. The minimum Gasteiger partial charge on any atom is -0.488 e. The summed E-state index contributed by atoms with van der Waals surface area (Å²) in [5.74, 6) is -0.275. The second-order valence-corrected chi connectivity index (χ2v) is 14.4. The Morgan fingerprint density at radius 3 is 2.33 bits per heavy atom. The van der Waals surface area contributed by atoms with E-state index in [0.29, 0.717) is 36.5 Å². The number of thiol groups is 1. The Labute approximate surface area is 366 Å². The molecule has 1 aromatic rings. The van der Waals surface area contributed by atoms with Crippen molar-refractivity contribution in [2.75, 3.05) is 46.4 Å². The molecule has 0 bridgehead atoms. The van der Waals surface area contributed by atoms with Crippen LogP contribution in [0, 0.1) is 5.92 Å². The summed E-state index contributed by atoms with van der Waals surface area (Å²) >= 11 is 3.71. The van der Waals surface area contributed by atoms with E-state index in [9.17, 15) is 14.4 Å². The molecule has 1 fully saturated rings. The van der Waals surface area contributed by atoms with Gasteiger partial charge in [0.2, 0.25) is 11.8 Å². The molecule has 0 aromatic heterocycles. The van der Waals surface area contributed by atoms with E-state index < -0.39 is 6.29 Å². The van der Waals surface area contributed by atoms with Crippen molar-refractivity contribution in [3.05, 3.63) is 78.9 Å². The molecule has 0 saturated carbocycles. The molecule has 60 heavy (non-hydrogen) atoms. The van der Waals surface area contributed by atoms with Gasteiger partial charge >= 0.3 is 0 Å². The van der Waals surface area contributed by atoms with Gasteiger partial charge < -0.3 is 43.7 Å². The van der Waals surface area contributed by atoms with Gasteiger partial charge in [-0.1, -0.05) is 115 Å². The molecule has 1 saturated heterocycles. The predicted octanol–water partition coefficient (Wildman–Crippen LogP) is 8.69. The SMILES string of the molecule is C=CCOC(COc1cccc(C(C)=O)c1)OCC(=O)NC/C=C/C(=C/C)C(N)=NC(=O)C(C)CC.C=CCOCOC1CC(C)OC1COS.CCCCCCCCC. The number of ketones is 1. The number of Topliss-reactive ketones (excluding diaryl/α,β-unsaturated/α-hetero) is 1. The molecule has 2 rings (SSSR count). The molecular weight excluding hydrogens is 787 g/mol. The summed E-state index contributed by atoms with van der Waals surface area (Å²) < 4.78 is 37.7. The van der Waals surface area contributed by atoms with Crippen LogP contribution in [0.1, 0.15) is 117 Å². The van der Waals surface area contributed by atoms with Crippen LogP contribution in [0.3, 0.4) is 0 Å². The zero-order valence-corrected chi connectivity index (χ0v) is 38.3. The largest absolute Gasteiger partial charge is 0.488 e. The Morgan fingerprint density at radius 2 is 1.73 bits per heavy atom. The smallest absolute Gasteiger partial charge is 0.250 e. The molecule has 1 aromatic carbocycles. The van der Waals surface area contributed by atoms with E-state index in [2.05, 4.69) is 50.2 Å².